The summed E-state index contributed by atoms with van der Waals surface area (Å²) in [7, 11) is 0. The molecule has 0 aliphatic carbocycles. The third-order valence-electron chi connectivity index (χ3n) is 2.44. The molecule has 0 radical (unpaired) electrons. The van der Waals surface area contributed by atoms with E-state index in [1.807, 2.05) is 11.9 Å². The number of H-pyrrole nitrogens is 2. The summed E-state index contributed by atoms with van der Waals surface area (Å²) in [5.41, 5.74) is -0.969. The first-order valence-corrected chi connectivity index (χ1v) is 5.97. The number of hydrogen-bond donors (Lipinski definition) is 3. The van der Waals surface area contributed by atoms with Gasteiger partial charge in [-0.25, -0.2) is 4.79 Å². The molecule has 0 atom stereocenters. The van der Waals surface area contributed by atoms with E-state index in [0.717, 1.165) is 6.07 Å². The molecular weight excluding hydrogens is 262 g/mol. The van der Waals surface area contributed by atoms with Crippen molar-refractivity contribution in [3.05, 3.63) is 56.7 Å². The van der Waals surface area contributed by atoms with E-state index < -0.39 is 17.2 Å². The van der Waals surface area contributed by atoms with Gasteiger partial charge in [0.25, 0.3) is 11.5 Å². The van der Waals surface area contributed by atoms with Crippen LogP contribution < -0.4 is 21.3 Å². The lowest BCUT2D eigenvalue weighted by atomic mass is 10.2. The monoisotopic (exact) mass is 275 g/mol. The van der Waals surface area contributed by atoms with E-state index in [4.69, 9.17) is 4.74 Å². The van der Waals surface area contributed by atoms with Crippen LogP contribution in [0.5, 0.6) is 5.75 Å². The molecule has 1 aromatic heterocycles. The Morgan fingerprint density at radius 2 is 2.00 bits per heavy atom. The van der Waals surface area contributed by atoms with Crippen LogP contribution in [0.4, 0.5) is 5.82 Å². The summed E-state index contributed by atoms with van der Waals surface area (Å²) in [6.07, 6.45) is 0. The largest absolute Gasteiger partial charge is 0.493 e. The molecule has 20 heavy (non-hydrogen) atoms. The minimum atomic E-state index is -0.689. The highest BCUT2D eigenvalue weighted by Gasteiger charge is 2.12. The third-order valence-corrected chi connectivity index (χ3v) is 2.44. The molecule has 0 aliphatic heterocycles. The zero-order chi connectivity index (χ0) is 14.5. The van der Waals surface area contributed by atoms with Gasteiger partial charge >= 0.3 is 5.69 Å². The van der Waals surface area contributed by atoms with Crippen molar-refractivity contribution in [3.63, 3.8) is 0 Å². The molecule has 1 heterocycles. The maximum absolute atomic E-state index is 12.1. The van der Waals surface area contributed by atoms with Crippen molar-refractivity contribution in [1.82, 2.24) is 9.97 Å². The number of para-hydroxylation sites is 1. The number of aromatic nitrogens is 2. The van der Waals surface area contributed by atoms with Gasteiger partial charge in [-0.15, -0.1) is 0 Å². The predicted molar refractivity (Wildman–Crippen MR) is 73.2 cm³/mol. The van der Waals surface area contributed by atoms with Gasteiger partial charge in [0.2, 0.25) is 0 Å². The maximum atomic E-state index is 12.1. The van der Waals surface area contributed by atoms with Crippen molar-refractivity contribution < 1.29 is 9.53 Å². The Bertz CT molecular complexity index is 704. The number of aromatic amines is 2. The lowest BCUT2D eigenvalue weighted by molar-refractivity contribution is 0.102. The van der Waals surface area contributed by atoms with Crippen molar-refractivity contribution in [2.75, 3.05) is 11.9 Å². The van der Waals surface area contributed by atoms with Gasteiger partial charge in [-0.2, -0.15) is 0 Å². The number of ether oxygens (including phenoxy) is 1. The molecule has 1 aromatic carbocycles. The van der Waals surface area contributed by atoms with Crippen molar-refractivity contribution >= 4 is 11.7 Å². The summed E-state index contributed by atoms with van der Waals surface area (Å²) in [5.74, 6) is -0.0231. The first-order valence-electron chi connectivity index (χ1n) is 5.97. The maximum Gasteiger partial charge on any atom is 0.327 e. The average molecular weight is 275 g/mol. The van der Waals surface area contributed by atoms with Gasteiger partial charge in [0.05, 0.1) is 12.2 Å². The van der Waals surface area contributed by atoms with Crippen LogP contribution in [-0.2, 0) is 0 Å². The molecule has 0 aliphatic rings. The van der Waals surface area contributed by atoms with Crippen LogP contribution in [0, 0.1) is 0 Å². The second-order valence-corrected chi connectivity index (χ2v) is 3.88. The molecular formula is C13H13N3O4. The van der Waals surface area contributed by atoms with Gasteiger partial charge in [-0.05, 0) is 19.1 Å². The first kappa shape index (κ1) is 13.6. The minimum Gasteiger partial charge on any atom is -0.493 e. The quantitative estimate of drug-likeness (QED) is 0.764. The number of rotatable bonds is 4. The molecule has 0 bridgehead atoms. The van der Waals surface area contributed by atoms with Crippen LogP contribution in [0.15, 0.2) is 39.9 Å². The van der Waals surface area contributed by atoms with Crippen LogP contribution >= 0.6 is 0 Å². The van der Waals surface area contributed by atoms with E-state index >= 15 is 0 Å². The van der Waals surface area contributed by atoms with Crippen LogP contribution in [0.2, 0.25) is 0 Å². The van der Waals surface area contributed by atoms with Crippen LogP contribution in [-0.4, -0.2) is 22.5 Å². The smallest absolute Gasteiger partial charge is 0.327 e. The SMILES string of the molecule is CCOc1ccccc1C(=O)Nc1cc(=O)[nH]c(=O)[nH]1. The molecule has 2 aromatic rings. The first-order chi connectivity index (χ1) is 9.60. The number of carbonyl (C=O) groups is 1. The van der Waals surface area contributed by atoms with Crippen LogP contribution in [0.3, 0.4) is 0 Å². The van der Waals surface area contributed by atoms with E-state index in [9.17, 15) is 14.4 Å². The van der Waals surface area contributed by atoms with Gasteiger partial charge in [-0.1, -0.05) is 12.1 Å². The van der Waals surface area contributed by atoms with Gasteiger partial charge in [-0.3, -0.25) is 19.6 Å². The molecule has 7 heteroatoms. The Kier molecular flexibility index (Phi) is 3.99. The van der Waals surface area contributed by atoms with Crippen LogP contribution in [0.1, 0.15) is 17.3 Å². The molecule has 0 fully saturated rings. The summed E-state index contributed by atoms with van der Waals surface area (Å²) in [5, 5.41) is 2.44. The Hall–Kier alpha value is -2.83. The molecule has 104 valence electrons. The number of amides is 1. The standard InChI is InChI=1S/C13H13N3O4/c1-2-20-9-6-4-3-5-8(9)12(18)14-10-7-11(17)16-13(19)15-10/h3-7H,2H2,1H3,(H3,14,15,16,17,18,19). The predicted octanol–water partition coefficient (Wildman–Crippen LogP) is 0.714. The Morgan fingerprint density at radius 3 is 2.70 bits per heavy atom. The second kappa shape index (κ2) is 5.87. The lowest BCUT2D eigenvalue weighted by Gasteiger charge is -2.09. The number of hydrogen-bond acceptors (Lipinski definition) is 4. The number of benzene rings is 1. The summed E-state index contributed by atoms with van der Waals surface area (Å²) in [4.78, 5) is 38.7. The van der Waals surface area contributed by atoms with Gasteiger partial charge < -0.3 is 10.1 Å². The zero-order valence-corrected chi connectivity index (χ0v) is 10.7. The van der Waals surface area contributed by atoms with Crippen molar-refractivity contribution in [2.45, 2.75) is 6.92 Å². The van der Waals surface area contributed by atoms with Crippen molar-refractivity contribution in [3.8, 4) is 5.75 Å². The van der Waals surface area contributed by atoms with Crippen molar-refractivity contribution in [1.29, 1.82) is 0 Å². The highest BCUT2D eigenvalue weighted by molar-refractivity contribution is 6.05. The third kappa shape index (κ3) is 3.14. The molecule has 2 rings (SSSR count). The highest BCUT2D eigenvalue weighted by Crippen LogP contribution is 2.18. The number of carbonyl (C=O) groups excluding carboxylic acids is 1. The van der Waals surface area contributed by atoms with E-state index in [1.54, 1.807) is 24.3 Å². The lowest BCUT2D eigenvalue weighted by Crippen LogP contribution is -2.25. The zero-order valence-electron chi connectivity index (χ0n) is 10.7. The summed E-state index contributed by atoms with van der Waals surface area (Å²) in [6.45, 7) is 2.23. The molecule has 7 nitrogen and oxygen atoms in total. The molecule has 0 unspecified atom stereocenters. The molecule has 0 saturated heterocycles. The number of anilines is 1. The van der Waals surface area contributed by atoms with Gasteiger partial charge in [0.15, 0.2) is 0 Å². The van der Waals surface area contributed by atoms with E-state index in [-0.39, 0.29) is 5.82 Å². The molecule has 3 N–H and O–H groups in total. The summed E-state index contributed by atoms with van der Waals surface area (Å²) in [6, 6.07) is 7.78. The van der Waals surface area contributed by atoms with Crippen molar-refractivity contribution in [2.24, 2.45) is 0 Å². The molecule has 0 saturated carbocycles. The van der Waals surface area contributed by atoms with Gasteiger partial charge in [0, 0.05) is 6.07 Å². The Morgan fingerprint density at radius 1 is 1.25 bits per heavy atom. The Labute approximate surface area is 113 Å². The average Bonchev–Trinajstić information content (AvgIpc) is 2.38. The van der Waals surface area contributed by atoms with E-state index in [2.05, 4.69) is 10.3 Å². The minimum absolute atomic E-state index is 0.0232. The summed E-state index contributed by atoms with van der Waals surface area (Å²) >= 11 is 0. The second-order valence-electron chi connectivity index (χ2n) is 3.88. The Balaban J connectivity index is 2.28. The van der Waals surface area contributed by atoms with E-state index in [0.29, 0.717) is 17.9 Å². The van der Waals surface area contributed by atoms with Crippen LogP contribution in [0.25, 0.3) is 0 Å². The fourth-order valence-corrected chi connectivity index (χ4v) is 1.66. The normalized spacial score (nSPS) is 10.1. The topological polar surface area (TPSA) is 104 Å². The molecule has 1 amide bonds. The van der Waals surface area contributed by atoms with Gasteiger partial charge in [0.1, 0.15) is 11.6 Å². The molecule has 0 spiro atoms. The number of nitrogens with one attached hydrogen (secondary N) is 3. The highest BCUT2D eigenvalue weighted by atomic mass is 16.5. The van der Waals surface area contributed by atoms with E-state index in [1.165, 1.54) is 0 Å². The summed E-state index contributed by atoms with van der Waals surface area (Å²) < 4.78 is 5.34. The fourth-order valence-electron chi connectivity index (χ4n) is 1.66. The fraction of sp³-hybridized carbons (Fsp3) is 0.154.